The third kappa shape index (κ3) is 2.32. The van der Waals surface area contributed by atoms with Gasteiger partial charge in [-0.15, -0.1) is 0 Å². The van der Waals surface area contributed by atoms with E-state index in [1.165, 1.54) is 0 Å². The third-order valence-electron chi connectivity index (χ3n) is 3.70. The molecule has 1 atom stereocenters. The lowest BCUT2D eigenvalue weighted by atomic mass is 10.2. The summed E-state index contributed by atoms with van der Waals surface area (Å²) in [5, 5.41) is 0.353. The fourth-order valence-corrected chi connectivity index (χ4v) is 2.90. The maximum absolute atomic E-state index is 5.91. The Hall–Kier alpha value is -1.85. The number of nitrogens with zero attached hydrogens (tertiary/aromatic N) is 3. The van der Waals surface area contributed by atoms with Crippen LogP contribution < -0.4 is 0 Å². The first kappa shape index (κ1) is 12.9. The number of rotatable bonds is 3. The van der Waals surface area contributed by atoms with Crippen LogP contribution in [-0.4, -0.2) is 27.2 Å². The molecule has 0 amide bonds. The first-order valence-corrected chi connectivity index (χ1v) is 7.39. The molecule has 1 unspecified atom stereocenters. The Morgan fingerprint density at radius 3 is 3.05 bits per heavy atom. The zero-order valence-corrected chi connectivity index (χ0v) is 12.1. The maximum Gasteiger partial charge on any atom is 0.208 e. The lowest BCUT2D eigenvalue weighted by Gasteiger charge is -2.10. The Bertz CT molecular complexity index is 774. The molecule has 1 aliphatic rings. The molecule has 0 aliphatic carbocycles. The average molecular weight is 304 g/mol. The maximum atomic E-state index is 5.91. The SMILES string of the molecule is Clc1ccc(-n2c(CC3CCCO3)nc3cccnc32)o1. The van der Waals surface area contributed by atoms with Crippen LogP contribution in [0.5, 0.6) is 0 Å². The molecule has 0 spiro atoms. The van der Waals surface area contributed by atoms with Crippen molar-refractivity contribution in [2.45, 2.75) is 25.4 Å². The standard InChI is InChI=1S/C15H14ClN3O2/c16-12-5-6-14(21-12)19-13(9-10-3-2-8-20-10)18-11-4-1-7-17-15(11)19/h1,4-7,10H,2-3,8-9H2. The Morgan fingerprint density at radius 1 is 1.33 bits per heavy atom. The van der Waals surface area contributed by atoms with Gasteiger partial charge in [0.2, 0.25) is 5.88 Å². The van der Waals surface area contributed by atoms with E-state index in [9.17, 15) is 0 Å². The van der Waals surface area contributed by atoms with Crippen molar-refractivity contribution in [2.24, 2.45) is 0 Å². The smallest absolute Gasteiger partial charge is 0.208 e. The molecule has 3 aromatic rings. The minimum Gasteiger partial charge on any atom is -0.428 e. The van der Waals surface area contributed by atoms with E-state index in [2.05, 4.69) is 9.97 Å². The summed E-state index contributed by atoms with van der Waals surface area (Å²) < 4.78 is 13.2. The van der Waals surface area contributed by atoms with Crippen molar-refractivity contribution < 1.29 is 9.15 Å². The number of hydrogen-bond donors (Lipinski definition) is 0. The number of ether oxygens (including phenoxy) is 1. The minimum atomic E-state index is 0.214. The van der Waals surface area contributed by atoms with Crippen molar-refractivity contribution in [2.75, 3.05) is 6.61 Å². The van der Waals surface area contributed by atoms with Crippen LogP contribution in [0, 0.1) is 0 Å². The molecule has 3 aromatic heterocycles. The van der Waals surface area contributed by atoms with Gasteiger partial charge in [-0.25, -0.2) is 14.5 Å². The second-order valence-corrected chi connectivity index (χ2v) is 5.50. The van der Waals surface area contributed by atoms with E-state index in [0.29, 0.717) is 11.1 Å². The molecule has 0 aromatic carbocycles. The van der Waals surface area contributed by atoms with Crippen LogP contribution in [-0.2, 0) is 11.2 Å². The highest BCUT2D eigenvalue weighted by atomic mass is 35.5. The Kier molecular flexibility index (Phi) is 3.16. The monoisotopic (exact) mass is 303 g/mol. The quantitative estimate of drug-likeness (QED) is 0.744. The molecule has 6 heteroatoms. The predicted molar refractivity (Wildman–Crippen MR) is 78.8 cm³/mol. The van der Waals surface area contributed by atoms with Crippen molar-refractivity contribution in [3.8, 4) is 5.88 Å². The van der Waals surface area contributed by atoms with E-state index < -0.39 is 0 Å². The average Bonchev–Trinajstić information content (AvgIpc) is 3.18. The molecule has 1 fully saturated rings. The van der Waals surface area contributed by atoms with E-state index in [0.717, 1.165) is 42.9 Å². The topological polar surface area (TPSA) is 53.1 Å². The molecule has 0 bridgehead atoms. The van der Waals surface area contributed by atoms with Gasteiger partial charge < -0.3 is 9.15 Å². The summed E-state index contributed by atoms with van der Waals surface area (Å²) in [7, 11) is 0. The molecule has 1 aliphatic heterocycles. The van der Waals surface area contributed by atoms with E-state index in [4.69, 9.17) is 20.8 Å². The lowest BCUT2D eigenvalue weighted by molar-refractivity contribution is 0.109. The van der Waals surface area contributed by atoms with Gasteiger partial charge >= 0.3 is 0 Å². The normalized spacial score (nSPS) is 18.6. The van der Waals surface area contributed by atoms with Crippen molar-refractivity contribution in [1.29, 1.82) is 0 Å². The molecule has 1 saturated heterocycles. The van der Waals surface area contributed by atoms with Gasteiger partial charge in [0.05, 0.1) is 6.10 Å². The third-order valence-corrected chi connectivity index (χ3v) is 3.90. The van der Waals surface area contributed by atoms with Crippen LogP contribution in [0.4, 0.5) is 0 Å². The molecule has 21 heavy (non-hydrogen) atoms. The van der Waals surface area contributed by atoms with Gasteiger partial charge in [-0.3, -0.25) is 0 Å². The first-order valence-electron chi connectivity index (χ1n) is 7.01. The summed E-state index contributed by atoms with van der Waals surface area (Å²) in [5.41, 5.74) is 1.62. The van der Waals surface area contributed by atoms with Crippen LogP contribution in [0.3, 0.4) is 0 Å². The van der Waals surface area contributed by atoms with Crippen LogP contribution >= 0.6 is 11.6 Å². The zero-order chi connectivity index (χ0) is 14.2. The van der Waals surface area contributed by atoms with Crippen LogP contribution in [0.1, 0.15) is 18.7 Å². The highest BCUT2D eigenvalue weighted by Crippen LogP contribution is 2.26. The number of imidazole rings is 1. The summed E-state index contributed by atoms with van der Waals surface area (Å²) in [5.74, 6) is 1.52. The molecule has 0 radical (unpaired) electrons. The number of furan rings is 1. The van der Waals surface area contributed by atoms with Crippen molar-refractivity contribution >= 4 is 22.8 Å². The van der Waals surface area contributed by atoms with Gasteiger partial charge in [0.25, 0.3) is 0 Å². The Balaban J connectivity index is 1.84. The lowest BCUT2D eigenvalue weighted by Crippen LogP contribution is -2.13. The van der Waals surface area contributed by atoms with E-state index in [-0.39, 0.29) is 6.10 Å². The molecular weight excluding hydrogens is 290 g/mol. The second-order valence-electron chi connectivity index (χ2n) is 5.13. The van der Waals surface area contributed by atoms with Gasteiger partial charge in [-0.1, -0.05) is 0 Å². The predicted octanol–water partition coefficient (Wildman–Crippen LogP) is 3.39. The van der Waals surface area contributed by atoms with Gasteiger partial charge in [-0.2, -0.15) is 0 Å². The van der Waals surface area contributed by atoms with E-state index in [1.54, 1.807) is 12.3 Å². The molecule has 0 N–H and O–H groups in total. The number of hydrogen-bond acceptors (Lipinski definition) is 4. The molecule has 0 saturated carbocycles. The first-order chi connectivity index (χ1) is 10.3. The Labute approximate surface area is 126 Å². The zero-order valence-electron chi connectivity index (χ0n) is 11.3. The largest absolute Gasteiger partial charge is 0.428 e. The second kappa shape index (κ2) is 5.16. The van der Waals surface area contributed by atoms with Crippen molar-refractivity contribution in [3.05, 3.63) is 41.5 Å². The van der Waals surface area contributed by atoms with E-state index >= 15 is 0 Å². The summed E-state index contributed by atoms with van der Waals surface area (Å²) in [6.45, 7) is 0.829. The number of halogens is 1. The summed E-state index contributed by atoms with van der Waals surface area (Å²) >= 11 is 5.91. The van der Waals surface area contributed by atoms with Crippen molar-refractivity contribution in [1.82, 2.24) is 14.5 Å². The fraction of sp³-hybridized carbons (Fsp3) is 0.333. The van der Waals surface area contributed by atoms with Crippen LogP contribution in [0.25, 0.3) is 17.0 Å². The Morgan fingerprint density at radius 2 is 2.29 bits per heavy atom. The summed E-state index contributed by atoms with van der Waals surface area (Å²) in [6.07, 6.45) is 4.88. The van der Waals surface area contributed by atoms with Crippen LogP contribution in [0.15, 0.2) is 34.9 Å². The molecular formula is C15H14ClN3O2. The fourth-order valence-electron chi connectivity index (χ4n) is 2.76. The van der Waals surface area contributed by atoms with Crippen molar-refractivity contribution in [3.63, 3.8) is 0 Å². The number of fused-ring (bicyclic) bond motifs is 1. The van der Waals surface area contributed by atoms with Crippen LogP contribution in [0.2, 0.25) is 5.22 Å². The molecule has 4 rings (SSSR count). The number of pyridine rings is 1. The van der Waals surface area contributed by atoms with Gasteiger partial charge in [0.1, 0.15) is 11.3 Å². The summed E-state index contributed by atoms with van der Waals surface area (Å²) in [4.78, 5) is 9.10. The van der Waals surface area contributed by atoms with Gasteiger partial charge in [0, 0.05) is 25.3 Å². The van der Waals surface area contributed by atoms with Gasteiger partial charge in [-0.05, 0) is 42.6 Å². The molecule has 4 heterocycles. The molecule has 108 valence electrons. The minimum absolute atomic E-state index is 0.214. The van der Waals surface area contributed by atoms with E-state index in [1.807, 2.05) is 22.8 Å². The highest BCUT2D eigenvalue weighted by Gasteiger charge is 2.22. The highest BCUT2D eigenvalue weighted by molar-refractivity contribution is 6.28. The molecule has 5 nitrogen and oxygen atoms in total. The summed E-state index contributed by atoms with van der Waals surface area (Å²) in [6, 6.07) is 7.38. The van der Waals surface area contributed by atoms with Gasteiger partial charge in [0.15, 0.2) is 10.9 Å². The number of aromatic nitrogens is 3.